The maximum absolute atomic E-state index is 12.9. The van der Waals surface area contributed by atoms with Crippen LogP contribution in [0.25, 0.3) is 20.5 Å². The number of thiophene rings is 1. The molecule has 6 heteroatoms. The van der Waals surface area contributed by atoms with Crippen molar-refractivity contribution in [1.29, 1.82) is 0 Å². The average molecular weight is 386 g/mol. The van der Waals surface area contributed by atoms with Gasteiger partial charge in [-0.1, -0.05) is 30.3 Å². The summed E-state index contributed by atoms with van der Waals surface area (Å²) in [6.45, 7) is 0. The van der Waals surface area contributed by atoms with Gasteiger partial charge in [0.2, 0.25) is 0 Å². The second-order valence-electron chi connectivity index (χ2n) is 5.93. The summed E-state index contributed by atoms with van der Waals surface area (Å²) in [5.41, 5.74) is -0.0786. The Hall–Kier alpha value is -2.99. The quantitative estimate of drug-likeness (QED) is 0.407. The summed E-state index contributed by atoms with van der Waals surface area (Å²) in [5.74, 6) is 1.30. The van der Waals surface area contributed by atoms with Crippen molar-refractivity contribution in [3.63, 3.8) is 0 Å². The Balaban J connectivity index is 1.85. The number of hydrogen-bond donors (Lipinski definition) is 1. The van der Waals surface area contributed by atoms with Crippen LogP contribution >= 0.6 is 11.3 Å². The number of halogens is 3. The van der Waals surface area contributed by atoms with Crippen molar-refractivity contribution in [2.75, 3.05) is 0 Å². The first-order valence-electron chi connectivity index (χ1n) is 8.08. The first kappa shape index (κ1) is 17.4. The lowest BCUT2D eigenvalue weighted by molar-refractivity contribution is -0.137. The van der Waals surface area contributed by atoms with Crippen LogP contribution in [0.5, 0.6) is 17.2 Å². The van der Waals surface area contributed by atoms with Gasteiger partial charge in [0, 0.05) is 10.1 Å². The van der Waals surface area contributed by atoms with E-state index < -0.39 is 11.7 Å². The number of alkyl halides is 3. The number of ether oxygens (including phenoxy) is 1. The monoisotopic (exact) mass is 386 g/mol. The van der Waals surface area contributed by atoms with Crippen LogP contribution in [0.15, 0.2) is 72.8 Å². The molecule has 0 atom stereocenters. The number of fused-ring (bicyclic) bond motifs is 1. The fraction of sp³-hybridized carbons (Fsp3) is 0.0476. The van der Waals surface area contributed by atoms with Gasteiger partial charge in [0.15, 0.2) is 5.75 Å². The summed E-state index contributed by atoms with van der Waals surface area (Å²) in [6, 6.07) is 19.1. The van der Waals surface area contributed by atoms with E-state index >= 15 is 0 Å². The van der Waals surface area contributed by atoms with E-state index in [-0.39, 0.29) is 5.75 Å². The molecule has 136 valence electrons. The van der Waals surface area contributed by atoms with E-state index in [9.17, 15) is 18.3 Å². The van der Waals surface area contributed by atoms with Gasteiger partial charge in [-0.05, 0) is 48.0 Å². The Morgan fingerprint density at radius 2 is 1.56 bits per heavy atom. The molecule has 3 aromatic carbocycles. The topological polar surface area (TPSA) is 29.5 Å². The second kappa shape index (κ2) is 6.63. The summed E-state index contributed by atoms with van der Waals surface area (Å²) in [5, 5.41) is 10.5. The van der Waals surface area contributed by atoms with Crippen LogP contribution in [0.1, 0.15) is 5.56 Å². The number of benzene rings is 3. The van der Waals surface area contributed by atoms with Gasteiger partial charge in [-0.3, -0.25) is 0 Å². The first-order valence-corrected chi connectivity index (χ1v) is 8.89. The Morgan fingerprint density at radius 3 is 2.22 bits per heavy atom. The van der Waals surface area contributed by atoms with Gasteiger partial charge in [0.25, 0.3) is 0 Å². The molecule has 0 aliphatic rings. The van der Waals surface area contributed by atoms with E-state index in [0.717, 1.165) is 22.2 Å². The number of phenolic OH excluding ortho intramolecular Hbond substituents is 1. The molecule has 2 nitrogen and oxygen atoms in total. The van der Waals surface area contributed by atoms with Crippen molar-refractivity contribution in [2.45, 2.75) is 6.18 Å². The predicted octanol–water partition coefficient (Wildman–Crippen LogP) is 7.09. The third-order valence-corrected chi connectivity index (χ3v) is 5.25. The molecule has 1 aromatic heterocycles. The standard InChI is InChI=1S/C21H13F3O2S/c22-21(23,24)14-8-6-13(7-9-14)20-19(26-16-4-2-1-3-5-16)17-11-10-15(25)12-18(17)27-20/h1-12,25H. The van der Waals surface area contributed by atoms with Crippen molar-refractivity contribution in [1.82, 2.24) is 0 Å². The summed E-state index contributed by atoms with van der Waals surface area (Å²) >= 11 is 1.36. The molecule has 0 spiro atoms. The zero-order chi connectivity index (χ0) is 19.0. The Labute approximate surface area is 157 Å². The smallest absolute Gasteiger partial charge is 0.416 e. The van der Waals surface area contributed by atoms with E-state index in [0.29, 0.717) is 21.9 Å². The Bertz CT molecular complexity index is 1080. The van der Waals surface area contributed by atoms with Crippen molar-refractivity contribution in [2.24, 2.45) is 0 Å². The van der Waals surface area contributed by atoms with E-state index in [1.54, 1.807) is 30.3 Å². The van der Waals surface area contributed by atoms with E-state index in [1.165, 1.54) is 23.5 Å². The Kier molecular flexibility index (Phi) is 4.28. The summed E-state index contributed by atoms with van der Waals surface area (Å²) < 4.78 is 45.4. The SMILES string of the molecule is Oc1ccc2c(Oc3ccccc3)c(-c3ccc(C(F)(F)F)cc3)sc2c1. The molecule has 0 fully saturated rings. The molecule has 0 aliphatic heterocycles. The Morgan fingerprint density at radius 1 is 0.852 bits per heavy atom. The van der Waals surface area contributed by atoms with Crippen LogP contribution in [0.2, 0.25) is 0 Å². The highest BCUT2D eigenvalue weighted by atomic mass is 32.1. The van der Waals surface area contributed by atoms with E-state index in [4.69, 9.17) is 4.74 Å². The van der Waals surface area contributed by atoms with E-state index in [2.05, 4.69) is 0 Å². The number of para-hydroxylation sites is 1. The lowest BCUT2D eigenvalue weighted by Crippen LogP contribution is -2.03. The minimum absolute atomic E-state index is 0.119. The number of rotatable bonds is 3. The third-order valence-electron chi connectivity index (χ3n) is 4.07. The molecule has 27 heavy (non-hydrogen) atoms. The number of phenols is 1. The molecular formula is C21H13F3O2S. The highest BCUT2D eigenvalue weighted by Gasteiger charge is 2.30. The predicted molar refractivity (Wildman–Crippen MR) is 100 cm³/mol. The average Bonchev–Trinajstić information content (AvgIpc) is 2.99. The molecule has 0 aliphatic carbocycles. The lowest BCUT2D eigenvalue weighted by atomic mass is 10.1. The van der Waals surface area contributed by atoms with Crippen LogP contribution in [0.3, 0.4) is 0 Å². The van der Waals surface area contributed by atoms with Crippen molar-refractivity contribution in [3.8, 4) is 27.7 Å². The van der Waals surface area contributed by atoms with Crippen LogP contribution in [0.4, 0.5) is 13.2 Å². The van der Waals surface area contributed by atoms with Crippen LogP contribution in [-0.2, 0) is 6.18 Å². The van der Waals surface area contributed by atoms with Gasteiger partial charge in [0.1, 0.15) is 11.5 Å². The highest BCUT2D eigenvalue weighted by Crippen LogP contribution is 2.47. The normalized spacial score (nSPS) is 11.7. The van der Waals surface area contributed by atoms with Crippen LogP contribution < -0.4 is 4.74 Å². The largest absolute Gasteiger partial charge is 0.508 e. The second-order valence-corrected chi connectivity index (χ2v) is 6.98. The summed E-state index contributed by atoms with van der Waals surface area (Å²) in [4.78, 5) is 0.702. The molecule has 1 N–H and O–H groups in total. The molecular weight excluding hydrogens is 373 g/mol. The van der Waals surface area contributed by atoms with E-state index in [1.807, 2.05) is 18.2 Å². The van der Waals surface area contributed by atoms with Gasteiger partial charge >= 0.3 is 6.18 Å². The van der Waals surface area contributed by atoms with Gasteiger partial charge in [-0.15, -0.1) is 11.3 Å². The lowest BCUT2D eigenvalue weighted by Gasteiger charge is -2.10. The molecule has 1 heterocycles. The molecule has 0 unspecified atom stereocenters. The molecule has 0 saturated carbocycles. The van der Waals surface area contributed by atoms with Crippen molar-refractivity contribution < 1.29 is 23.0 Å². The minimum Gasteiger partial charge on any atom is -0.508 e. The van der Waals surface area contributed by atoms with Gasteiger partial charge in [-0.2, -0.15) is 13.2 Å². The summed E-state index contributed by atoms with van der Waals surface area (Å²) in [7, 11) is 0. The van der Waals surface area contributed by atoms with Crippen molar-refractivity contribution >= 4 is 21.4 Å². The van der Waals surface area contributed by atoms with Crippen molar-refractivity contribution in [3.05, 3.63) is 78.4 Å². The molecule has 0 saturated heterocycles. The van der Waals surface area contributed by atoms with Gasteiger partial charge in [-0.25, -0.2) is 0 Å². The van der Waals surface area contributed by atoms with Gasteiger partial charge < -0.3 is 9.84 Å². The molecule has 0 bridgehead atoms. The van der Waals surface area contributed by atoms with Gasteiger partial charge in [0.05, 0.1) is 10.4 Å². The molecule has 0 radical (unpaired) electrons. The number of aromatic hydroxyl groups is 1. The fourth-order valence-corrected chi connectivity index (χ4v) is 3.94. The van der Waals surface area contributed by atoms with Crippen LogP contribution in [-0.4, -0.2) is 5.11 Å². The first-order chi connectivity index (χ1) is 12.9. The zero-order valence-electron chi connectivity index (χ0n) is 13.8. The molecule has 0 amide bonds. The highest BCUT2D eigenvalue weighted by molar-refractivity contribution is 7.22. The van der Waals surface area contributed by atoms with Crippen LogP contribution in [0, 0.1) is 0 Å². The zero-order valence-corrected chi connectivity index (χ0v) is 14.6. The third kappa shape index (κ3) is 3.48. The fourth-order valence-electron chi connectivity index (χ4n) is 2.77. The minimum atomic E-state index is -4.38. The maximum Gasteiger partial charge on any atom is 0.416 e. The molecule has 4 rings (SSSR count). The number of hydrogen-bond acceptors (Lipinski definition) is 3. The summed E-state index contributed by atoms with van der Waals surface area (Å²) in [6.07, 6.45) is -4.38. The molecule has 4 aromatic rings. The maximum atomic E-state index is 12.9.